The van der Waals surface area contributed by atoms with E-state index >= 15 is 0 Å². The number of nitrogens with one attached hydrogen (secondary N) is 1. The van der Waals surface area contributed by atoms with E-state index in [1.54, 1.807) is 12.5 Å². The molecule has 1 saturated carbocycles. The average Bonchev–Trinajstić information content (AvgIpc) is 2.94. The number of amides is 1. The van der Waals surface area contributed by atoms with Crippen LogP contribution >= 0.6 is 0 Å². The third kappa shape index (κ3) is 4.07. The molecule has 0 unspecified atom stereocenters. The molecule has 112 valence electrons. The van der Waals surface area contributed by atoms with Crippen LogP contribution in [0.25, 0.3) is 0 Å². The highest BCUT2D eigenvalue weighted by Crippen LogP contribution is 2.30. The zero-order chi connectivity index (χ0) is 14.4. The molecule has 1 amide bonds. The lowest BCUT2D eigenvalue weighted by Crippen LogP contribution is -2.31. The van der Waals surface area contributed by atoms with Gasteiger partial charge in [0, 0.05) is 25.8 Å². The zero-order valence-corrected chi connectivity index (χ0v) is 12.3. The highest BCUT2D eigenvalue weighted by atomic mass is 16.1. The van der Waals surface area contributed by atoms with E-state index in [1.165, 1.54) is 32.1 Å². The molecule has 1 aliphatic rings. The topological polar surface area (TPSA) is 72.9 Å². The number of hydrogen-bond donors (Lipinski definition) is 2. The summed E-state index contributed by atoms with van der Waals surface area (Å²) in [4.78, 5) is 16.1. The number of aromatic nitrogens is 2. The first-order valence-electron chi connectivity index (χ1n) is 7.73. The molecule has 5 heteroatoms. The molecule has 0 aliphatic heterocycles. The lowest BCUT2D eigenvalue weighted by molar-refractivity contribution is 0.0936. The molecule has 1 aromatic heterocycles. The fourth-order valence-electron chi connectivity index (χ4n) is 2.92. The summed E-state index contributed by atoms with van der Waals surface area (Å²) in [6.07, 6.45) is 9.80. The number of nitrogens with zero attached hydrogens (tertiary/aromatic N) is 2. The van der Waals surface area contributed by atoms with E-state index in [9.17, 15) is 4.79 Å². The maximum absolute atomic E-state index is 12.0. The lowest BCUT2D eigenvalue weighted by Gasteiger charge is -2.27. The molecule has 0 aromatic carbocycles. The van der Waals surface area contributed by atoms with Crippen molar-refractivity contribution in [3.8, 4) is 0 Å². The van der Waals surface area contributed by atoms with Gasteiger partial charge in [0.1, 0.15) is 5.69 Å². The molecular weight excluding hydrogens is 252 g/mol. The maximum Gasteiger partial charge on any atom is 0.271 e. The van der Waals surface area contributed by atoms with Crippen LogP contribution in [0.5, 0.6) is 0 Å². The Bertz CT molecular complexity index is 421. The van der Waals surface area contributed by atoms with Gasteiger partial charge in [0.15, 0.2) is 0 Å². The van der Waals surface area contributed by atoms with Gasteiger partial charge in [0.2, 0.25) is 0 Å². The standard InChI is InChI=1S/C15H26N4O/c1-2-12-3-5-13(6-4-12)9-17-15(20)14-10-19(8-7-16)11-18-14/h10-13H,2-9,16H2,1H3,(H,17,20). The monoisotopic (exact) mass is 278 g/mol. The van der Waals surface area contributed by atoms with Crippen molar-refractivity contribution >= 4 is 5.91 Å². The van der Waals surface area contributed by atoms with Crippen molar-refractivity contribution in [2.75, 3.05) is 13.1 Å². The summed E-state index contributed by atoms with van der Waals surface area (Å²) in [5.74, 6) is 1.46. The van der Waals surface area contributed by atoms with Crippen LogP contribution in [-0.4, -0.2) is 28.5 Å². The Balaban J connectivity index is 1.74. The van der Waals surface area contributed by atoms with Gasteiger partial charge < -0.3 is 15.6 Å². The highest BCUT2D eigenvalue weighted by Gasteiger charge is 2.20. The minimum absolute atomic E-state index is 0.0709. The van der Waals surface area contributed by atoms with E-state index < -0.39 is 0 Å². The first-order chi connectivity index (χ1) is 9.72. The van der Waals surface area contributed by atoms with E-state index in [0.29, 0.717) is 24.7 Å². The average molecular weight is 278 g/mol. The second-order valence-electron chi connectivity index (χ2n) is 5.79. The van der Waals surface area contributed by atoms with Crippen LogP contribution in [-0.2, 0) is 6.54 Å². The fraction of sp³-hybridized carbons (Fsp3) is 0.733. The third-order valence-corrected chi connectivity index (χ3v) is 4.35. The number of carbonyl (C=O) groups is 1. The van der Waals surface area contributed by atoms with Crippen molar-refractivity contribution in [3.05, 3.63) is 18.2 Å². The number of carbonyl (C=O) groups excluding carboxylic acids is 1. The van der Waals surface area contributed by atoms with Gasteiger partial charge in [0.25, 0.3) is 5.91 Å². The Morgan fingerprint density at radius 3 is 2.75 bits per heavy atom. The first kappa shape index (κ1) is 15.0. The van der Waals surface area contributed by atoms with Crippen LogP contribution in [0.2, 0.25) is 0 Å². The van der Waals surface area contributed by atoms with Gasteiger partial charge in [-0.3, -0.25) is 4.79 Å². The van der Waals surface area contributed by atoms with Gasteiger partial charge in [-0.25, -0.2) is 4.98 Å². The second-order valence-corrected chi connectivity index (χ2v) is 5.79. The Hall–Kier alpha value is -1.36. The van der Waals surface area contributed by atoms with Crippen LogP contribution in [0.15, 0.2) is 12.5 Å². The number of hydrogen-bond acceptors (Lipinski definition) is 3. The van der Waals surface area contributed by atoms with Gasteiger partial charge in [-0.05, 0) is 24.7 Å². The molecule has 5 nitrogen and oxygen atoms in total. The quantitative estimate of drug-likeness (QED) is 0.833. The molecule has 20 heavy (non-hydrogen) atoms. The maximum atomic E-state index is 12.0. The SMILES string of the molecule is CCC1CCC(CNC(=O)c2cn(CCN)cn2)CC1. The van der Waals surface area contributed by atoms with E-state index in [1.807, 2.05) is 4.57 Å². The Kier molecular flexibility index (Phi) is 5.59. The summed E-state index contributed by atoms with van der Waals surface area (Å²) < 4.78 is 1.85. The zero-order valence-electron chi connectivity index (χ0n) is 12.3. The van der Waals surface area contributed by atoms with Crippen molar-refractivity contribution in [3.63, 3.8) is 0 Å². The van der Waals surface area contributed by atoms with Gasteiger partial charge in [0.05, 0.1) is 6.33 Å². The molecule has 1 aliphatic carbocycles. The number of imidazole rings is 1. The van der Waals surface area contributed by atoms with Crippen LogP contribution < -0.4 is 11.1 Å². The molecule has 1 aromatic rings. The Morgan fingerprint density at radius 2 is 2.10 bits per heavy atom. The summed E-state index contributed by atoms with van der Waals surface area (Å²) in [6, 6.07) is 0. The van der Waals surface area contributed by atoms with Crippen LogP contribution in [0.1, 0.15) is 49.5 Å². The predicted octanol–water partition coefficient (Wildman–Crippen LogP) is 1.79. The molecule has 0 bridgehead atoms. The summed E-state index contributed by atoms with van der Waals surface area (Å²) >= 11 is 0. The van der Waals surface area contributed by atoms with E-state index in [-0.39, 0.29) is 5.91 Å². The molecule has 1 heterocycles. The summed E-state index contributed by atoms with van der Waals surface area (Å²) in [6.45, 7) is 4.29. The van der Waals surface area contributed by atoms with E-state index in [2.05, 4.69) is 17.2 Å². The smallest absolute Gasteiger partial charge is 0.271 e. The Morgan fingerprint density at radius 1 is 1.40 bits per heavy atom. The fourth-order valence-corrected chi connectivity index (χ4v) is 2.92. The molecule has 0 saturated heterocycles. The predicted molar refractivity (Wildman–Crippen MR) is 79.4 cm³/mol. The summed E-state index contributed by atoms with van der Waals surface area (Å²) in [7, 11) is 0. The van der Waals surface area contributed by atoms with Crippen LogP contribution in [0.3, 0.4) is 0 Å². The normalized spacial score (nSPS) is 22.7. The third-order valence-electron chi connectivity index (χ3n) is 4.35. The molecule has 0 spiro atoms. The van der Waals surface area contributed by atoms with E-state index in [0.717, 1.165) is 12.5 Å². The summed E-state index contributed by atoms with van der Waals surface area (Å²) in [5.41, 5.74) is 5.96. The minimum Gasteiger partial charge on any atom is -0.350 e. The van der Waals surface area contributed by atoms with Gasteiger partial charge in [-0.15, -0.1) is 0 Å². The lowest BCUT2D eigenvalue weighted by atomic mass is 9.81. The van der Waals surface area contributed by atoms with Crippen molar-refractivity contribution in [1.29, 1.82) is 0 Å². The van der Waals surface area contributed by atoms with Gasteiger partial charge in [-0.1, -0.05) is 26.2 Å². The first-order valence-corrected chi connectivity index (χ1v) is 7.73. The number of rotatable bonds is 6. The molecule has 0 radical (unpaired) electrons. The number of nitrogens with two attached hydrogens (primary N) is 1. The molecule has 2 rings (SSSR count). The van der Waals surface area contributed by atoms with Crippen LogP contribution in [0, 0.1) is 11.8 Å². The second kappa shape index (κ2) is 7.43. The Labute approximate surface area is 120 Å². The minimum atomic E-state index is -0.0709. The molecule has 0 atom stereocenters. The van der Waals surface area contributed by atoms with Gasteiger partial charge in [-0.2, -0.15) is 0 Å². The summed E-state index contributed by atoms with van der Waals surface area (Å²) in [5, 5.41) is 3.01. The van der Waals surface area contributed by atoms with Crippen molar-refractivity contribution in [2.24, 2.45) is 17.6 Å². The highest BCUT2D eigenvalue weighted by molar-refractivity contribution is 5.91. The van der Waals surface area contributed by atoms with E-state index in [4.69, 9.17) is 5.73 Å². The van der Waals surface area contributed by atoms with Crippen molar-refractivity contribution in [1.82, 2.24) is 14.9 Å². The van der Waals surface area contributed by atoms with Crippen molar-refractivity contribution in [2.45, 2.75) is 45.6 Å². The molecular formula is C15H26N4O. The van der Waals surface area contributed by atoms with Crippen molar-refractivity contribution < 1.29 is 4.79 Å². The molecule has 3 N–H and O–H groups in total. The van der Waals surface area contributed by atoms with Gasteiger partial charge >= 0.3 is 0 Å². The largest absolute Gasteiger partial charge is 0.350 e. The molecule has 1 fully saturated rings. The van der Waals surface area contributed by atoms with Crippen LogP contribution in [0.4, 0.5) is 0 Å².